The Bertz CT molecular complexity index is 1550. The molecule has 0 aliphatic rings. The fourth-order valence-corrected chi connectivity index (χ4v) is 3.88. The van der Waals surface area contributed by atoms with Crippen molar-refractivity contribution in [1.82, 2.24) is 25.2 Å². The highest BCUT2D eigenvalue weighted by atomic mass is 19.4. The van der Waals surface area contributed by atoms with Crippen molar-refractivity contribution < 1.29 is 32.6 Å². The zero-order valence-electron chi connectivity index (χ0n) is 21.5. The summed E-state index contributed by atoms with van der Waals surface area (Å²) >= 11 is 0. The minimum atomic E-state index is -4.85. The van der Waals surface area contributed by atoms with Crippen LogP contribution in [-0.2, 0) is 12.7 Å². The Morgan fingerprint density at radius 2 is 1.82 bits per heavy atom. The van der Waals surface area contributed by atoms with Crippen molar-refractivity contribution in [2.24, 2.45) is 0 Å². The number of rotatable bonds is 8. The maximum Gasteiger partial charge on any atom is 0.421 e. The van der Waals surface area contributed by atoms with Gasteiger partial charge >= 0.3 is 12.1 Å². The fraction of sp³-hybridized carbons (Fsp3) is 0.231. The molecule has 1 amide bonds. The fourth-order valence-electron chi connectivity index (χ4n) is 3.88. The van der Waals surface area contributed by atoms with Crippen LogP contribution in [0.3, 0.4) is 0 Å². The maximum absolute atomic E-state index is 13.9. The number of alkyl halides is 3. The van der Waals surface area contributed by atoms with Gasteiger partial charge in [0, 0.05) is 17.8 Å². The first-order chi connectivity index (χ1) is 18.8. The van der Waals surface area contributed by atoms with Crippen molar-refractivity contribution in [2.45, 2.75) is 39.5 Å². The number of amides is 1. The molecular formula is C26H24F3N7O4. The van der Waals surface area contributed by atoms with Gasteiger partial charge in [-0.3, -0.25) is 4.79 Å². The Kier molecular flexibility index (Phi) is 7.70. The number of anilines is 2. The SMILES string of the molecule is Cc1ccc(C(=O)N(c2ccc(Oc3ncc(Cn4nnc(N)n4)cc3C(F)(F)F)cc2C(=O)O)C(C)C)cc1. The van der Waals surface area contributed by atoms with E-state index in [1.807, 2.05) is 6.92 Å². The number of nitrogen functional groups attached to an aromatic ring is 1. The average Bonchev–Trinajstić information content (AvgIpc) is 3.29. The molecule has 2 aromatic carbocycles. The van der Waals surface area contributed by atoms with Gasteiger partial charge in [0.25, 0.3) is 11.9 Å². The van der Waals surface area contributed by atoms with Crippen LogP contribution in [0.2, 0.25) is 0 Å². The summed E-state index contributed by atoms with van der Waals surface area (Å²) in [6, 6.07) is 10.8. The second-order valence-electron chi connectivity index (χ2n) is 9.09. The number of nitrogens with two attached hydrogens (primary N) is 1. The summed E-state index contributed by atoms with van der Waals surface area (Å²) < 4.78 is 47.1. The minimum Gasteiger partial charge on any atom is -0.478 e. The predicted octanol–water partition coefficient (Wildman–Crippen LogP) is 4.57. The molecule has 0 bridgehead atoms. The first kappa shape index (κ1) is 28.0. The van der Waals surface area contributed by atoms with Crippen molar-refractivity contribution in [1.29, 1.82) is 0 Å². The molecule has 0 aliphatic heterocycles. The number of carboxylic acid groups (broad SMARTS) is 1. The Hall–Kier alpha value is -5.01. The van der Waals surface area contributed by atoms with Gasteiger partial charge < -0.3 is 20.5 Å². The third kappa shape index (κ3) is 6.17. The first-order valence-electron chi connectivity index (χ1n) is 11.9. The van der Waals surface area contributed by atoms with Crippen LogP contribution < -0.4 is 15.4 Å². The third-order valence-electron chi connectivity index (χ3n) is 5.71. The van der Waals surface area contributed by atoms with Crippen molar-refractivity contribution in [3.8, 4) is 11.6 Å². The average molecular weight is 556 g/mol. The third-order valence-corrected chi connectivity index (χ3v) is 5.71. The van der Waals surface area contributed by atoms with Crippen molar-refractivity contribution >= 4 is 23.5 Å². The minimum absolute atomic E-state index is 0.0550. The van der Waals surface area contributed by atoms with Gasteiger partial charge in [-0.05, 0) is 67.9 Å². The van der Waals surface area contributed by atoms with Crippen molar-refractivity contribution in [2.75, 3.05) is 10.6 Å². The lowest BCUT2D eigenvalue weighted by molar-refractivity contribution is -0.139. The van der Waals surface area contributed by atoms with Crippen LogP contribution in [0.5, 0.6) is 11.6 Å². The number of aromatic carboxylic acids is 1. The lowest BCUT2D eigenvalue weighted by Crippen LogP contribution is -2.38. The lowest BCUT2D eigenvalue weighted by Gasteiger charge is -2.28. The summed E-state index contributed by atoms with van der Waals surface area (Å²) in [6.45, 7) is 5.12. The number of carbonyl (C=O) groups is 2. The van der Waals surface area contributed by atoms with Gasteiger partial charge in [0.15, 0.2) is 0 Å². The monoisotopic (exact) mass is 555 g/mol. The number of carbonyl (C=O) groups excluding carboxylic acids is 1. The number of pyridine rings is 1. The van der Waals surface area contributed by atoms with Gasteiger partial charge in [0.05, 0.1) is 17.8 Å². The molecule has 0 atom stereocenters. The zero-order valence-corrected chi connectivity index (χ0v) is 21.5. The molecular weight excluding hydrogens is 531 g/mol. The summed E-state index contributed by atoms with van der Waals surface area (Å²) in [5.74, 6) is -2.99. The van der Waals surface area contributed by atoms with Crippen molar-refractivity contribution in [3.63, 3.8) is 0 Å². The number of benzene rings is 2. The molecule has 40 heavy (non-hydrogen) atoms. The summed E-state index contributed by atoms with van der Waals surface area (Å²) in [4.78, 5) is 31.6. The second kappa shape index (κ2) is 11.0. The quantitative estimate of drug-likeness (QED) is 0.319. The second-order valence-corrected chi connectivity index (χ2v) is 9.09. The predicted molar refractivity (Wildman–Crippen MR) is 137 cm³/mol. The van der Waals surface area contributed by atoms with Crippen LogP contribution in [0.4, 0.5) is 24.8 Å². The van der Waals surface area contributed by atoms with Crippen LogP contribution in [0.1, 0.15) is 51.3 Å². The lowest BCUT2D eigenvalue weighted by atomic mass is 10.1. The van der Waals surface area contributed by atoms with Crippen molar-refractivity contribution in [3.05, 3.63) is 82.5 Å². The zero-order chi connectivity index (χ0) is 29.2. The van der Waals surface area contributed by atoms with E-state index in [2.05, 4.69) is 20.4 Å². The smallest absolute Gasteiger partial charge is 0.421 e. The van der Waals surface area contributed by atoms with Gasteiger partial charge in [0.1, 0.15) is 11.3 Å². The maximum atomic E-state index is 13.9. The van der Waals surface area contributed by atoms with E-state index in [0.717, 1.165) is 28.7 Å². The molecule has 0 radical (unpaired) electrons. The number of carboxylic acids is 1. The van der Waals surface area contributed by atoms with Crippen LogP contribution in [0, 0.1) is 6.92 Å². The molecule has 4 aromatic rings. The van der Waals surface area contributed by atoms with Gasteiger partial charge in [-0.2, -0.15) is 18.0 Å². The van der Waals surface area contributed by atoms with Gasteiger partial charge in [-0.25, -0.2) is 9.78 Å². The van der Waals surface area contributed by atoms with E-state index in [4.69, 9.17) is 10.5 Å². The molecule has 0 saturated carbocycles. The molecule has 2 heterocycles. The standard InChI is InChI=1S/C26H24F3N7O4/c1-14(2)36(23(37)17-6-4-15(3)5-7-17)21-9-8-18(11-19(21)24(38)39)40-22-20(26(27,28)29)10-16(12-31-22)13-35-33-25(30)32-34-35/h4-12,14H,13H2,1-3H3,(H2,30,33)(H,38,39). The molecule has 14 heteroatoms. The van der Waals surface area contributed by atoms with E-state index in [9.17, 15) is 27.9 Å². The van der Waals surface area contributed by atoms with Crippen LogP contribution in [-0.4, -0.2) is 48.2 Å². The number of nitrogens with zero attached hydrogens (tertiary/aromatic N) is 6. The highest BCUT2D eigenvalue weighted by Crippen LogP contribution is 2.38. The van der Waals surface area contributed by atoms with Crippen LogP contribution in [0.25, 0.3) is 0 Å². The highest BCUT2D eigenvalue weighted by Gasteiger charge is 2.36. The van der Waals surface area contributed by atoms with E-state index in [-0.39, 0.29) is 35.1 Å². The number of aromatic nitrogens is 5. The number of tetrazole rings is 1. The molecule has 2 aromatic heterocycles. The van der Waals surface area contributed by atoms with E-state index in [1.165, 1.54) is 17.0 Å². The number of halogens is 3. The number of ether oxygens (including phenoxy) is 1. The number of aryl methyl sites for hydroxylation is 1. The molecule has 11 nitrogen and oxygen atoms in total. The van der Waals surface area contributed by atoms with Gasteiger partial charge in [-0.15, -0.1) is 5.10 Å². The highest BCUT2D eigenvalue weighted by molar-refractivity contribution is 6.09. The summed E-state index contributed by atoms with van der Waals surface area (Å²) in [7, 11) is 0. The molecule has 0 saturated heterocycles. The summed E-state index contributed by atoms with van der Waals surface area (Å²) in [5, 5.41) is 20.7. The van der Waals surface area contributed by atoms with E-state index >= 15 is 0 Å². The summed E-state index contributed by atoms with van der Waals surface area (Å²) in [5.41, 5.74) is 5.29. The van der Waals surface area contributed by atoms with Crippen LogP contribution in [0.15, 0.2) is 54.7 Å². The van der Waals surface area contributed by atoms with E-state index in [0.29, 0.717) is 5.56 Å². The molecule has 3 N–H and O–H groups in total. The van der Waals surface area contributed by atoms with Gasteiger partial charge in [-0.1, -0.05) is 22.8 Å². The van der Waals surface area contributed by atoms with Gasteiger partial charge in [0.2, 0.25) is 5.88 Å². The normalized spacial score (nSPS) is 11.5. The molecule has 0 spiro atoms. The molecule has 208 valence electrons. The Morgan fingerprint density at radius 1 is 1.12 bits per heavy atom. The van der Waals surface area contributed by atoms with Crippen LogP contribution >= 0.6 is 0 Å². The Morgan fingerprint density at radius 3 is 2.40 bits per heavy atom. The Labute approximate surface area is 226 Å². The summed E-state index contributed by atoms with van der Waals surface area (Å²) in [6.07, 6.45) is -3.71. The largest absolute Gasteiger partial charge is 0.478 e. The molecule has 4 rings (SSSR count). The topological polar surface area (TPSA) is 149 Å². The first-order valence-corrected chi connectivity index (χ1v) is 11.9. The number of hydrogen-bond acceptors (Lipinski definition) is 8. The molecule has 0 aliphatic carbocycles. The van der Waals surface area contributed by atoms with E-state index < -0.39 is 35.5 Å². The molecule has 0 unspecified atom stereocenters. The number of hydrogen-bond donors (Lipinski definition) is 2. The van der Waals surface area contributed by atoms with E-state index in [1.54, 1.807) is 38.1 Å². The molecule has 0 fully saturated rings. The Balaban J connectivity index is 1.69.